The quantitative estimate of drug-likeness (QED) is 0.151. The molecule has 1 saturated carbocycles. The van der Waals surface area contributed by atoms with Crippen molar-refractivity contribution in [3.63, 3.8) is 0 Å². The highest BCUT2D eigenvalue weighted by Gasteiger charge is 2.71. The molecular formula is C37H53N3O8. The molecule has 264 valence electrons. The molecule has 2 bridgehead atoms. The number of fused-ring (bicyclic) bond motifs is 2. The van der Waals surface area contributed by atoms with E-state index in [1.165, 1.54) is 13.8 Å². The maximum atomic E-state index is 13.0. The highest BCUT2D eigenvalue weighted by molar-refractivity contribution is 5.77. The maximum Gasteiger partial charge on any atom is 0.225 e. The number of amides is 2. The Morgan fingerprint density at radius 1 is 1.02 bits per heavy atom. The van der Waals surface area contributed by atoms with Crippen LogP contribution < -0.4 is 5.32 Å². The predicted octanol–water partition coefficient (Wildman–Crippen LogP) is 2.12. The van der Waals surface area contributed by atoms with Crippen molar-refractivity contribution in [2.75, 3.05) is 33.8 Å². The van der Waals surface area contributed by atoms with Crippen LogP contribution in [0.5, 0.6) is 0 Å². The van der Waals surface area contributed by atoms with Crippen molar-refractivity contribution < 1.29 is 39.5 Å². The van der Waals surface area contributed by atoms with E-state index in [9.17, 15) is 30.0 Å². The maximum absolute atomic E-state index is 13.0. The smallest absolute Gasteiger partial charge is 0.225 e. The molecule has 11 nitrogen and oxygen atoms in total. The number of benzene rings is 2. The standard InChI is InChI=1S/C37H53N3O8/c1-25-11-16-29(37-33(45)31(43)32(44)36(48-37,23-47-37)34(2,3)46)22-28(25)21-27-14-12-26(13-15-27)9-8-10-30(42)38-35(17-6-7-18-35)40(24-41)20-19-39(4)5/h11-16,22,24,31-33,43-46H,6-10,17-21,23H2,1-5H3,(H,38,42)/t31-,32-,33+,36-,37-/m0/s1. The number of nitrogens with one attached hydrogen (secondary N) is 1. The van der Waals surface area contributed by atoms with Gasteiger partial charge < -0.3 is 45.0 Å². The first-order valence-corrected chi connectivity index (χ1v) is 17.1. The fourth-order valence-electron chi connectivity index (χ4n) is 7.50. The molecule has 5 N–H and O–H groups in total. The number of ether oxygens (including phenoxy) is 2. The van der Waals surface area contributed by atoms with Crippen LogP contribution in [0.3, 0.4) is 0 Å². The lowest BCUT2D eigenvalue weighted by atomic mass is 9.75. The van der Waals surface area contributed by atoms with E-state index >= 15 is 0 Å². The number of carbonyl (C=O) groups is 2. The van der Waals surface area contributed by atoms with Gasteiger partial charge in [0.2, 0.25) is 18.1 Å². The van der Waals surface area contributed by atoms with Crippen molar-refractivity contribution in [3.05, 3.63) is 70.3 Å². The summed E-state index contributed by atoms with van der Waals surface area (Å²) in [6.07, 6.45) is 2.14. The lowest BCUT2D eigenvalue weighted by molar-refractivity contribution is -0.348. The SMILES string of the molecule is Cc1ccc([C@]23OC[C@](C(C)(C)O)(O2)[C@@H](O)[C@H](O)[C@H]3O)cc1Cc1ccc(CCCC(=O)NC2(N(C=O)CCN(C)C)CCCC2)cc1. The Bertz CT molecular complexity index is 1440. The number of nitrogens with zero attached hydrogens (tertiary/aromatic N) is 2. The minimum absolute atomic E-state index is 0.0276. The van der Waals surface area contributed by atoms with Gasteiger partial charge in [-0.3, -0.25) is 9.59 Å². The van der Waals surface area contributed by atoms with Gasteiger partial charge in [0.25, 0.3) is 0 Å². The first-order valence-electron chi connectivity index (χ1n) is 17.1. The number of hydrogen-bond acceptors (Lipinski definition) is 9. The highest BCUT2D eigenvalue weighted by Crippen LogP contribution is 2.53. The molecule has 5 atom stereocenters. The molecule has 2 amide bonds. The summed E-state index contributed by atoms with van der Waals surface area (Å²) in [5, 5.41) is 46.8. The number of aryl methyl sites for hydroxylation is 2. The van der Waals surface area contributed by atoms with Crippen molar-refractivity contribution in [2.45, 2.75) is 113 Å². The number of carbonyl (C=O) groups excluding carboxylic acids is 2. The van der Waals surface area contributed by atoms with E-state index < -0.39 is 41.0 Å². The Morgan fingerprint density at radius 3 is 2.31 bits per heavy atom. The van der Waals surface area contributed by atoms with Crippen molar-refractivity contribution >= 4 is 12.3 Å². The molecule has 3 fully saturated rings. The van der Waals surface area contributed by atoms with Crippen LogP contribution in [0.2, 0.25) is 0 Å². The van der Waals surface area contributed by atoms with E-state index in [4.69, 9.17) is 9.47 Å². The fraction of sp³-hybridized carbons (Fsp3) is 0.622. The minimum Gasteiger partial charge on any atom is -0.387 e. The van der Waals surface area contributed by atoms with Crippen LogP contribution in [0.1, 0.15) is 80.2 Å². The Kier molecular flexibility index (Phi) is 10.7. The van der Waals surface area contributed by atoms with Crippen molar-refractivity contribution in [1.82, 2.24) is 15.1 Å². The molecule has 11 heteroatoms. The van der Waals surface area contributed by atoms with E-state index in [0.29, 0.717) is 31.4 Å². The summed E-state index contributed by atoms with van der Waals surface area (Å²) in [5.41, 5.74) is 0.930. The second-order valence-electron chi connectivity index (χ2n) is 14.8. The van der Waals surface area contributed by atoms with Gasteiger partial charge in [0.1, 0.15) is 24.0 Å². The average molecular weight is 668 g/mol. The summed E-state index contributed by atoms with van der Waals surface area (Å²) < 4.78 is 12.3. The first kappa shape index (κ1) is 36.4. The predicted molar refractivity (Wildman–Crippen MR) is 180 cm³/mol. The van der Waals surface area contributed by atoms with E-state index in [-0.39, 0.29) is 12.5 Å². The van der Waals surface area contributed by atoms with Gasteiger partial charge in [-0.25, -0.2) is 0 Å². The van der Waals surface area contributed by atoms with Gasteiger partial charge >= 0.3 is 0 Å². The van der Waals surface area contributed by atoms with Crippen LogP contribution in [0, 0.1) is 6.92 Å². The Balaban J connectivity index is 1.20. The van der Waals surface area contributed by atoms with Gasteiger partial charge in [-0.15, -0.1) is 0 Å². The topological polar surface area (TPSA) is 152 Å². The zero-order valence-electron chi connectivity index (χ0n) is 28.9. The molecule has 2 aromatic rings. The summed E-state index contributed by atoms with van der Waals surface area (Å²) in [5.74, 6) is -1.77. The summed E-state index contributed by atoms with van der Waals surface area (Å²) in [6, 6.07) is 13.9. The molecule has 0 unspecified atom stereocenters. The molecule has 0 aromatic heterocycles. The van der Waals surface area contributed by atoms with Crippen molar-refractivity contribution in [2.24, 2.45) is 0 Å². The Hall–Kier alpha value is -2.90. The monoisotopic (exact) mass is 667 g/mol. The van der Waals surface area contributed by atoms with Crippen LogP contribution in [0.4, 0.5) is 0 Å². The number of aliphatic hydroxyl groups is 4. The zero-order valence-corrected chi connectivity index (χ0v) is 28.9. The third kappa shape index (κ3) is 6.92. The van der Waals surface area contributed by atoms with Gasteiger partial charge in [0.15, 0.2) is 5.60 Å². The number of likely N-dealkylation sites (N-methyl/N-ethyl adjacent to an activating group) is 1. The average Bonchev–Trinajstić information content (AvgIpc) is 3.67. The summed E-state index contributed by atoms with van der Waals surface area (Å²) in [6.45, 7) is 6.09. The molecule has 5 rings (SSSR count). The molecule has 2 heterocycles. The Labute approximate surface area is 283 Å². The Morgan fingerprint density at radius 2 is 1.69 bits per heavy atom. The van der Waals surface area contributed by atoms with Gasteiger partial charge in [0, 0.05) is 25.1 Å². The molecule has 1 aliphatic carbocycles. The highest BCUT2D eigenvalue weighted by atomic mass is 16.8. The lowest BCUT2D eigenvalue weighted by Gasteiger charge is -2.50. The first-order chi connectivity index (χ1) is 22.7. The molecule has 3 aliphatic rings. The van der Waals surface area contributed by atoms with Crippen LogP contribution in [-0.2, 0) is 37.7 Å². The molecule has 2 saturated heterocycles. The second kappa shape index (κ2) is 14.1. The summed E-state index contributed by atoms with van der Waals surface area (Å²) in [7, 11) is 3.95. The van der Waals surface area contributed by atoms with Crippen LogP contribution >= 0.6 is 0 Å². The molecule has 2 aliphatic heterocycles. The molecular weight excluding hydrogens is 614 g/mol. The number of rotatable bonds is 14. The van der Waals surface area contributed by atoms with Gasteiger partial charge in [0.05, 0.1) is 12.2 Å². The second-order valence-corrected chi connectivity index (χ2v) is 14.8. The van der Waals surface area contributed by atoms with Crippen LogP contribution in [0.15, 0.2) is 42.5 Å². The molecule has 0 radical (unpaired) electrons. The van der Waals surface area contributed by atoms with Crippen LogP contribution in [0.25, 0.3) is 0 Å². The van der Waals surface area contributed by atoms with Gasteiger partial charge in [-0.05, 0) is 108 Å². The fourth-order valence-corrected chi connectivity index (χ4v) is 7.50. The minimum atomic E-state index is -1.74. The summed E-state index contributed by atoms with van der Waals surface area (Å²) in [4.78, 5) is 28.8. The van der Waals surface area contributed by atoms with Gasteiger partial charge in [-0.1, -0.05) is 36.4 Å². The lowest BCUT2D eigenvalue weighted by Crippen LogP contribution is -2.70. The van der Waals surface area contributed by atoms with Crippen molar-refractivity contribution in [3.8, 4) is 0 Å². The molecule has 48 heavy (non-hydrogen) atoms. The van der Waals surface area contributed by atoms with Gasteiger partial charge in [-0.2, -0.15) is 0 Å². The zero-order chi connectivity index (χ0) is 34.9. The molecule has 2 aromatic carbocycles. The van der Waals surface area contributed by atoms with E-state index in [2.05, 4.69) is 29.6 Å². The third-order valence-corrected chi connectivity index (χ3v) is 10.7. The third-order valence-electron chi connectivity index (χ3n) is 10.7. The van der Waals surface area contributed by atoms with Crippen LogP contribution in [-0.4, -0.2) is 112 Å². The summed E-state index contributed by atoms with van der Waals surface area (Å²) >= 11 is 0. The number of hydrogen-bond donors (Lipinski definition) is 5. The van der Waals surface area contributed by atoms with E-state index in [0.717, 1.165) is 67.3 Å². The number of aliphatic hydroxyl groups excluding tert-OH is 3. The van der Waals surface area contributed by atoms with Crippen molar-refractivity contribution in [1.29, 1.82) is 0 Å². The van der Waals surface area contributed by atoms with E-state index in [1.807, 2.05) is 38.1 Å². The normalized spacial score (nSPS) is 28.1. The largest absolute Gasteiger partial charge is 0.387 e. The molecule has 0 spiro atoms. The van der Waals surface area contributed by atoms with E-state index in [1.54, 1.807) is 11.0 Å².